The minimum absolute atomic E-state index is 0.0368. The Bertz CT molecular complexity index is 1710. The van der Waals surface area contributed by atoms with Gasteiger partial charge in [0.1, 0.15) is 10.8 Å². The van der Waals surface area contributed by atoms with Gasteiger partial charge in [-0.25, -0.2) is 4.39 Å². The second-order valence-corrected chi connectivity index (χ2v) is 11.1. The Morgan fingerprint density at radius 1 is 1.13 bits per heavy atom. The van der Waals surface area contributed by atoms with Crippen LogP contribution in [0.4, 0.5) is 4.39 Å². The number of hydrogen-bond donors (Lipinski definition) is 0. The maximum absolute atomic E-state index is 15.4. The number of benzene rings is 1. The summed E-state index contributed by atoms with van der Waals surface area (Å²) in [6, 6.07) is 8.33. The molecule has 1 saturated carbocycles. The van der Waals surface area contributed by atoms with Crippen LogP contribution in [-0.4, -0.2) is 44.2 Å². The Morgan fingerprint density at radius 3 is 2.67 bits per heavy atom. The van der Waals surface area contributed by atoms with Crippen LogP contribution in [-0.2, 0) is 13.0 Å². The van der Waals surface area contributed by atoms with E-state index in [-0.39, 0.29) is 27.6 Å². The van der Waals surface area contributed by atoms with Crippen molar-refractivity contribution in [3.05, 3.63) is 97.6 Å². The van der Waals surface area contributed by atoms with E-state index in [1.54, 1.807) is 43.1 Å². The van der Waals surface area contributed by atoms with Crippen molar-refractivity contribution in [1.29, 1.82) is 0 Å². The van der Waals surface area contributed by atoms with E-state index in [0.29, 0.717) is 17.3 Å². The minimum atomic E-state index is -0.651. The van der Waals surface area contributed by atoms with E-state index in [1.165, 1.54) is 22.2 Å². The summed E-state index contributed by atoms with van der Waals surface area (Å²) in [5.41, 5.74) is 5.68. The summed E-state index contributed by atoms with van der Waals surface area (Å²) < 4.78 is 19.1. The molecule has 0 N–H and O–H groups in total. The Labute approximate surface area is 230 Å². The molecule has 200 valence electrons. The molecule has 0 bridgehead atoms. The number of carbonyl (C=O) groups is 1. The van der Waals surface area contributed by atoms with Gasteiger partial charge in [-0.1, -0.05) is 17.7 Å². The molecule has 0 saturated heterocycles. The highest BCUT2D eigenvalue weighted by atomic mass is 35.5. The molecule has 4 aromatic rings. The van der Waals surface area contributed by atoms with Crippen LogP contribution in [0.3, 0.4) is 0 Å². The normalized spacial score (nSPS) is 17.8. The lowest BCUT2D eigenvalue weighted by atomic mass is 10.0. The lowest BCUT2D eigenvalue weighted by Crippen LogP contribution is -2.23. The van der Waals surface area contributed by atoms with Crippen molar-refractivity contribution < 1.29 is 9.18 Å². The lowest BCUT2D eigenvalue weighted by Gasteiger charge is -2.17. The Kier molecular flexibility index (Phi) is 6.18. The van der Waals surface area contributed by atoms with Crippen molar-refractivity contribution in [2.24, 2.45) is 0 Å². The molecule has 0 spiro atoms. The molecule has 9 heteroatoms. The zero-order valence-electron chi connectivity index (χ0n) is 22.3. The molecule has 1 aliphatic carbocycles. The van der Waals surface area contributed by atoms with E-state index < -0.39 is 11.7 Å². The first-order valence-electron chi connectivity index (χ1n) is 13.1. The quantitative estimate of drug-likeness (QED) is 0.335. The minimum Gasteiger partial charge on any atom is -0.345 e. The Hall–Kier alpha value is -3.78. The number of rotatable bonds is 5. The van der Waals surface area contributed by atoms with Gasteiger partial charge in [-0.05, 0) is 85.9 Å². The summed E-state index contributed by atoms with van der Waals surface area (Å²) in [5, 5.41) is 4.74. The number of halogens is 2. The zero-order chi connectivity index (χ0) is 27.6. The van der Waals surface area contributed by atoms with E-state index in [1.807, 2.05) is 26.1 Å². The molecule has 1 aliphatic heterocycles. The highest BCUT2D eigenvalue weighted by molar-refractivity contribution is 6.31. The van der Waals surface area contributed by atoms with Crippen LogP contribution in [0.2, 0.25) is 5.02 Å². The summed E-state index contributed by atoms with van der Waals surface area (Å²) in [6.07, 6.45) is 6.69. The molecule has 0 unspecified atom stereocenters. The van der Waals surface area contributed by atoms with E-state index >= 15 is 4.39 Å². The highest BCUT2D eigenvalue weighted by Crippen LogP contribution is 2.57. The summed E-state index contributed by atoms with van der Waals surface area (Å²) in [4.78, 5) is 31.9. The van der Waals surface area contributed by atoms with E-state index in [0.717, 1.165) is 42.6 Å². The molecule has 6 rings (SSSR count). The molecule has 2 aliphatic rings. The fourth-order valence-electron chi connectivity index (χ4n) is 5.82. The molecule has 39 heavy (non-hydrogen) atoms. The van der Waals surface area contributed by atoms with Crippen molar-refractivity contribution in [3.63, 3.8) is 0 Å². The van der Waals surface area contributed by atoms with Gasteiger partial charge in [-0.15, -0.1) is 0 Å². The maximum atomic E-state index is 15.4. The third kappa shape index (κ3) is 4.18. The summed E-state index contributed by atoms with van der Waals surface area (Å²) in [6.45, 7) is 4.70. The standard InChI is InChI=1S/C30H29ClFN5O2/c1-16-14-33-24(18-7-5-8-19(28(18)32)29(38)35(3)4)13-26(16)37-17(2)11-22(27(31)30(37)39)20-12-21(20)23-15-34-36-10-6-9-25(23)36/h5,7-8,11,13-15,20-21H,6,9-10,12H2,1-4H3/t20-,21-/m0/s1. The van der Waals surface area contributed by atoms with Crippen molar-refractivity contribution in [2.75, 3.05) is 14.1 Å². The molecule has 7 nitrogen and oxygen atoms in total. The van der Waals surface area contributed by atoms with Gasteiger partial charge in [0, 0.05) is 43.8 Å². The molecular formula is C30H29ClFN5O2. The van der Waals surface area contributed by atoms with Crippen molar-refractivity contribution in [2.45, 2.75) is 51.5 Å². The van der Waals surface area contributed by atoms with Gasteiger partial charge < -0.3 is 4.90 Å². The van der Waals surface area contributed by atoms with Crippen LogP contribution >= 0.6 is 11.6 Å². The number of nitrogens with zero attached hydrogens (tertiary/aromatic N) is 5. The van der Waals surface area contributed by atoms with Crippen molar-refractivity contribution in [1.82, 2.24) is 24.2 Å². The zero-order valence-corrected chi connectivity index (χ0v) is 23.1. The fourth-order valence-corrected chi connectivity index (χ4v) is 6.10. The SMILES string of the molecule is Cc1cnc(-c2cccc(C(=O)N(C)C)c2F)cc1-n1c(C)cc([C@H]2C[C@@H]2c2cnn3c2CCC3)c(Cl)c1=O. The topological polar surface area (TPSA) is 73.0 Å². The average Bonchev–Trinajstić information content (AvgIpc) is 3.35. The summed E-state index contributed by atoms with van der Waals surface area (Å²) in [7, 11) is 3.15. The number of hydrogen-bond acceptors (Lipinski definition) is 4. The van der Waals surface area contributed by atoms with E-state index in [9.17, 15) is 9.59 Å². The number of aryl methyl sites for hydroxylation is 3. The third-order valence-electron chi connectivity index (χ3n) is 7.94. The first kappa shape index (κ1) is 25.5. The van der Waals surface area contributed by atoms with Crippen molar-refractivity contribution in [3.8, 4) is 16.9 Å². The number of carbonyl (C=O) groups excluding carboxylic acids is 1. The van der Waals surface area contributed by atoms with Gasteiger partial charge >= 0.3 is 0 Å². The van der Waals surface area contributed by atoms with Gasteiger partial charge in [0.25, 0.3) is 11.5 Å². The molecule has 4 heterocycles. The predicted octanol–water partition coefficient (Wildman–Crippen LogP) is 5.42. The van der Waals surface area contributed by atoms with Crippen LogP contribution in [0.5, 0.6) is 0 Å². The van der Waals surface area contributed by atoms with E-state index in [2.05, 4.69) is 14.8 Å². The van der Waals surface area contributed by atoms with Gasteiger partial charge in [0.15, 0.2) is 0 Å². The van der Waals surface area contributed by atoms with Crippen molar-refractivity contribution >= 4 is 17.5 Å². The van der Waals surface area contributed by atoms with E-state index in [4.69, 9.17) is 11.6 Å². The molecule has 0 radical (unpaired) electrons. The predicted molar refractivity (Wildman–Crippen MR) is 148 cm³/mol. The average molecular weight is 546 g/mol. The first-order valence-corrected chi connectivity index (χ1v) is 13.5. The Balaban J connectivity index is 1.38. The van der Waals surface area contributed by atoms with Gasteiger partial charge in [-0.2, -0.15) is 5.10 Å². The molecule has 3 aromatic heterocycles. The molecule has 1 aromatic carbocycles. The third-order valence-corrected chi connectivity index (χ3v) is 8.32. The van der Waals surface area contributed by atoms with Crippen LogP contribution in [0, 0.1) is 19.7 Å². The lowest BCUT2D eigenvalue weighted by molar-refractivity contribution is 0.0823. The monoisotopic (exact) mass is 545 g/mol. The smallest absolute Gasteiger partial charge is 0.274 e. The van der Waals surface area contributed by atoms with Gasteiger partial charge in [0.05, 0.1) is 23.1 Å². The maximum Gasteiger partial charge on any atom is 0.274 e. The fraction of sp³-hybridized carbons (Fsp3) is 0.333. The van der Waals surface area contributed by atoms with Gasteiger partial charge in [-0.3, -0.25) is 23.8 Å². The summed E-state index contributed by atoms with van der Waals surface area (Å²) >= 11 is 6.75. The molecular weight excluding hydrogens is 517 g/mol. The van der Waals surface area contributed by atoms with Crippen LogP contribution < -0.4 is 5.56 Å². The second kappa shape index (κ2) is 9.45. The number of fused-ring (bicyclic) bond motifs is 1. The first-order chi connectivity index (χ1) is 18.7. The number of amides is 1. The highest BCUT2D eigenvalue weighted by Gasteiger charge is 2.44. The van der Waals surface area contributed by atoms with Crippen LogP contribution in [0.25, 0.3) is 16.9 Å². The number of aromatic nitrogens is 4. The largest absolute Gasteiger partial charge is 0.345 e. The molecule has 2 atom stereocenters. The molecule has 1 fully saturated rings. The second-order valence-electron chi connectivity index (χ2n) is 10.7. The van der Waals surface area contributed by atoms with Crippen LogP contribution in [0.15, 0.2) is 47.5 Å². The summed E-state index contributed by atoms with van der Waals surface area (Å²) in [5.74, 6) is -0.570. The van der Waals surface area contributed by atoms with Gasteiger partial charge in [0.2, 0.25) is 0 Å². The number of pyridine rings is 2. The van der Waals surface area contributed by atoms with Crippen LogP contribution in [0.1, 0.15) is 63.1 Å². The molecule has 1 amide bonds. The Morgan fingerprint density at radius 2 is 1.90 bits per heavy atom.